The molecule has 1 aromatic carbocycles. The maximum atomic E-state index is 14.2. The van der Waals surface area contributed by atoms with E-state index < -0.39 is 11.5 Å². The minimum atomic E-state index is -0.581. The smallest absolute Gasteiger partial charge is 0.220 e. The van der Waals surface area contributed by atoms with Gasteiger partial charge in [0.15, 0.2) is 5.17 Å². The fourth-order valence-corrected chi connectivity index (χ4v) is 5.08. The first kappa shape index (κ1) is 16.1. The molecule has 134 valence electrons. The van der Waals surface area contributed by atoms with Gasteiger partial charge in [-0.15, -0.1) is 0 Å². The number of rotatable bonds is 1. The summed E-state index contributed by atoms with van der Waals surface area (Å²) in [7, 11) is 0. The van der Waals surface area contributed by atoms with Crippen molar-refractivity contribution in [1.29, 1.82) is 0 Å². The molecule has 0 unspecified atom stereocenters. The highest BCUT2D eigenvalue weighted by Crippen LogP contribution is 2.51. The lowest BCUT2D eigenvalue weighted by Crippen LogP contribution is -2.55. The average Bonchev–Trinajstić information content (AvgIpc) is 3.05. The molecule has 3 aliphatic rings. The van der Waals surface area contributed by atoms with E-state index in [0.717, 1.165) is 29.7 Å². The molecule has 2 aromatic rings. The Labute approximate surface area is 154 Å². The van der Waals surface area contributed by atoms with Crippen LogP contribution >= 0.6 is 11.8 Å². The zero-order valence-corrected chi connectivity index (χ0v) is 14.8. The van der Waals surface area contributed by atoms with Crippen LogP contribution in [0.25, 0.3) is 11.1 Å². The van der Waals surface area contributed by atoms with Crippen LogP contribution < -0.4 is 10.5 Å². The first-order chi connectivity index (χ1) is 12.7. The number of nitrogens with zero attached hydrogens (tertiary/aromatic N) is 2. The van der Waals surface area contributed by atoms with Crippen LogP contribution in [0.2, 0.25) is 0 Å². The van der Waals surface area contributed by atoms with Gasteiger partial charge in [-0.05, 0) is 42.7 Å². The third kappa shape index (κ3) is 2.34. The minimum Gasteiger partial charge on any atom is -0.487 e. The first-order valence-electron chi connectivity index (χ1n) is 8.69. The summed E-state index contributed by atoms with van der Waals surface area (Å²) in [6, 6.07) is 9.17. The lowest BCUT2D eigenvalue weighted by atomic mass is 9.78. The van der Waals surface area contributed by atoms with Crippen molar-refractivity contribution in [2.24, 2.45) is 10.7 Å². The molecule has 1 spiro atoms. The van der Waals surface area contributed by atoms with E-state index in [1.807, 2.05) is 18.2 Å². The summed E-state index contributed by atoms with van der Waals surface area (Å²) in [5.74, 6) is 0.993. The van der Waals surface area contributed by atoms with Crippen molar-refractivity contribution >= 4 is 16.9 Å². The molecule has 0 bridgehead atoms. The molecule has 26 heavy (non-hydrogen) atoms. The standard InChI is InChI=1S/C19H18FN3O2S/c20-17-12(3-1-7-22-17)11-5-6-14-13(9-11)19(10-26-18(21)23-19)16-15(25-14)4-2-8-24-16/h1,3,5-7,9,15-16H,2,4,8,10H2,(H2,21,23)/t15-,16-,19+/m1/s1. The lowest BCUT2D eigenvalue weighted by Gasteiger charge is -2.46. The van der Waals surface area contributed by atoms with Crippen LogP contribution in [0.3, 0.4) is 0 Å². The highest BCUT2D eigenvalue weighted by molar-refractivity contribution is 8.14. The second kappa shape index (κ2) is 5.96. The topological polar surface area (TPSA) is 69.7 Å². The summed E-state index contributed by atoms with van der Waals surface area (Å²) < 4.78 is 26.5. The van der Waals surface area contributed by atoms with Gasteiger partial charge in [-0.2, -0.15) is 4.39 Å². The number of fused-ring (bicyclic) bond motifs is 4. The molecule has 1 aromatic heterocycles. The zero-order chi connectivity index (χ0) is 17.7. The number of hydrogen-bond acceptors (Lipinski definition) is 6. The number of benzene rings is 1. The molecule has 3 aliphatic heterocycles. The molecular formula is C19H18FN3O2S. The Kier molecular flexibility index (Phi) is 3.68. The molecule has 7 heteroatoms. The number of halogens is 1. The SMILES string of the molecule is NC1=N[C@@]2(CS1)c1cc(-c3cccnc3F)ccc1O[C@@H]1CCCO[C@H]12. The summed E-state index contributed by atoms with van der Waals surface area (Å²) in [6.07, 6.45) is 3.14. The van der Waals surface area contributed by atoms with Gasteiger partial charge in [-0.25, -0.2) is 9.98 Å². The summed E-state index contributed by atoms with van der Waals surface area (Å²) in [6.45, 7) is 0.693. The van der Waals surface area contributed by atoms with E-state index >= 15 is 0 Å². The zero-order valence-electron chi connectivity index (χ0n) is 14.0. The average molecular weight is 371 g/mol. The number of nitrogens with two attached hydrogens (primary N) is 1. The summed E-state index contributed by atoms with van der Waals surface area (Å²) in [4.78, 5) is 8.57. The van der Waals surface area contributed by atoms with Crippen molar-refractivity contribution in [2.45, 2.75) is 30.6 Å². The molecular weight excluding hydrogens is 353 g/mol. The number of aliphatic imine (C=N–C) groups is 1. The summed E-state index contributed by atoms with van der Waals surface area (Å²) >= 11 is 1.53. The normalized spacial score (nSPS) is 29.7. The molecule has 1 fully saturated rings. The maximum absolute atomic E-state index is 14.2. The van der Waals surface area contributed by atoms with Crippen LogP contribution in [0.4, 0.5) is 4.39 Å². The number of hydrogen-bond donors (Lipinski definition) is 1. The van der Waals surface area contributed by atoms with Crippen molar-refractivity contribution in [3.63, 3.8) is 0 Å². The van der Waals surface area contributed by atoms with E-state index in [2.05, 4.69) is 4.98 Å². The van der Waals surface area contributed by atoms with Gasteiger partial charge in [0, 0.05) is 29.7 Å². The molecule has 0 radical (unpaired) electrons. The molecule has 4 heterocycles. The molecule has 3 atom stereocenters. The van der Waals surface area contributed by atoms with Crippen LogP contribution in [0.1, 0.15) is 18.4 Å². The number of ether oxygens (including phenoxy) is 2. The number of aromatic nitrogens is 1. The molecule has 0 amide bonds. The number of amidine groups is 1. The van der Waals surface area contributed by atoms with Crippen LogP contribution in [-0.4, -0.2) is 34.7 Å². The van der Waals surface area contributed by atoms with Gasteiger partial charge >= 0.3 is 0 Å². The monoisotopic (exact) mass is 371 g/mol. The number of pyridine rings is 1. The molecule has 0 aliphatic carbocycles. The molecule has 0 saturated carbocycles. The largest absolute Gasteiger partial charge is 0.487 e. The predicted molar refractivity (Wildman–Crippen MR) is 98.8 cm³/mol. The quantitative estimate of drug-likeness (QED) is 0.780. The van der Waals surface area contributed by atoms with Gasteiger partial charge in [-0.1, -0.05) is 17.8 Å². The Morgan fingerprint density at radius 2 is 2.23 bits per heavy atom. The fraction of sp³-hybridized carbons (Fsp3) is 0.368. The molecule has 5 nitrogen and oxygen atoms in total. The second-order valence-corrected chi connectivity index (χ2v) is 7.80. The van der Waals surface area contributed by atoms with Crippen LogP contribution in [0, 0.1) is 5.95 Å². The van der Waals surface area contributed by atoms with Crippen molar-refractivity contribution in [3.05, 3.63) is 48.0 Å². The molecule has 5 rings (SSSR count). The Morgan fingerprint density at radius 1 is 1.31 bits per heavy atom. The van der Waals surface area contributed by atoms with Gasteiger partial charge in [0.05, 0.1) is 0 Å². The summed E-state index contributed by atoms with van der Waals surface area (Å²) in [5.41, 5.74) is 7.57. The highest BCUT2D eigenvalue weighted by Gasteiger charge is 2.54. The molecule has 2 N–H and O–H groups in total. The highest BCUT2D eigenvalue weighted by atomic mass is 32.2. The van der Waals surface area contributed by atoms with Gasteiger partial charge < -0.3 is 15.2 Å². The van der Waals surface area contributed by atoms with E-state index in [9.17, 15) is 4.39 Å². The number of thioether (sulfide) groups is 1. The van der Waals surface area contributed by atoms with Crippen LogP contribution in [-0.2, 0) is 10.3 Å². The third-order valence-corrected chi connectivity index (χ3v) is 6.25. The Morgan fingerprint density at radius 3 is 3.04 bits per heavy atom. The van der Waals surface area contributed by atoms with Gasteiger partial charge in [0.25, 0.3) is 0 Å². The first-order valence-corrected chi connectivity index (χ1v) is 9.68. The van der Waals surface area contributed by atoms with E-state index in [1.165, 1.54) is 18.0 Å². The van der Waals surface area contributed by atoms with Crippen molar-refractivity contribution in [2.75, 3.05) is 12.4 Å². The second-order valence-electron chi connectivity index (χ2n) is 6.81. The van der Waals surface area contributed by atoms with Crippen LogP contribution in [0.15, 0.2) is 41.5 Å². The minimum absolute atomic E-state index is 0.0347. The molecule has 1 saturated heterocycles. The Balaban J connectivity index is 1.69. The van der Waals surface area contributed by atoms with E-state index in [1.54, 1.807) is 12.1 Å². The van der Waals surface area contributed by atoms with E-state index in [0.29, 0.717) is 23.1 Å². The van der Waals surface area contributed by atoms with Crippen molar-refractivity contribution < 1.29 is 13.9 Å². The van der Waals surface area contributed by atoms with E-state index in [-0.39, 0.29) is 12.2 Å². The van der Waals surface area contributed by atoms with Gasteiger partial charge in [0.1, 0.15) is 23.5 Å². The third-order valence-electron chi connectivity index (χ3n) is 5.28. The lowest BCUT2D eigenvalue weighted by molar-refractivity contribution is -0.108. The maximum Gasteiger partial charge on any atom is 0.220 e. The Hall–Kier alpha value is -2.12. The van der Waals surface area contributed by atoms with E-state index in [4.69, 9.17) is 20.2 Å². The predicted octanol–water partition coefficient (Wildman–Crippen LogP) is 3.08. The summed E-state index contributed by atoms with van der Waals surface area (Å²) in [5, 5.41) is 0.559. The van der Waals surface area contributed by atoms with Crippen molar-refractivity contribution in [1.82, 2.24) is 4.98 Å². The van der Waals surface area contributed by atoms with Crippen LogP contribution in [0.5, 0.6) is 5.75 Å². The van der Waals surface area contributed by atoms with Crippen molar-refractivity contribution in [3.8, 4) is 16.9 Å². The fourth-order valence-electron chi connectivity index (χ4n) is 4.10. The van der Waals surface area contributed by atoms with Gasteiger partial charge in [0.2, 0.25) is 5.95 Å². The van der Waals surface area contributed by atoms with Gasteiger partial charge in [-0.3, -0.25) is 0 Å². The Bertz CT molecular complexity index is 906.